The van der Waals surface area contributed by atoms with E-state index in [1.807, 2.05) is 54.6 Å². The molecule has 0 aliphatic heterocycles. The average Bonchev–Trinajstić information content (AvgIpc) is 2.60. The summed E-state index contributed by atoms with van der Waals surface area (Å²) in [7, 11) is 1.38. The van der Waals surface area contributed by atoms with E-state index in [1.165, 1.54) is 7.11 Å². The maximum absolute atomic E-state index is 12.0. The number of benzene rings is 2. The van der Waals surface area contributed by atoms with E-state index in [0.29, 0.717) is 5.69 Å². The smallest absolute Gasteiger partial charge is 0.356 e. The third kappa shape index (κ3) is 2.46. The summed E-state index contributed by atoms with van der Waals surface area (Å²) in [4.78, 5) is 16.5. The molecule has 0 saturated heterocycles. The molecule has 0 saturated carbocycles. The van der Waals surface area contributed by atoms with E-state index >= 15 is 0 Å². The van der Waals surface area contributed by atoms with Gasteiger partial charge in [0.15, 0.2) is 0 Å². The number of aryl methyl sites for hydroxylation is 1. The number of hydrogen-bond acceptors (Lipinski definition) is 3. The van der Waals surface area contributed by atoms with Crippen molar-refractivity contribution in [2.45, 2.75) is 13.3 Å². The molecule has 1 aromatic heterocycles. The Labute approximate surface area is 129 Å². The second kappa shape index (κ2) is 5.98. The number of carbonyl (C=O) groups excluding carboxylic acids is 1. The van der Waals surface area contributed by atoms with Gasteiger partial charge < -0.3 is 4.74 Å². The van der Waals surface area contributed by atoms with Crippen LogP contribution < -0.4 is 0 Å². The number of esters is 1. The fraction of sp³-hybridized carbons (Fsp3) is 0.158. The second-order valence-electron chi connectivity index (χ2n) is 5.08. The number of methoxy groups -OCH3 is 1. The van der Waals surface area contributed by atoms with Crippen molar-refractivity contribution < 1.29 is 9.53 Å². The van der Waals surface area contributed by atoms with Crippen molar-refractivity contribution in [3.8, 4) is 11.1 Å². The first-order chi connectivity index (χ1) is 10.7. The number of carbonyl (C=O) groups is 1. The Morgan fingerprint density at radius 2 is 1.86 bits per heavy atom. The quantitative estimate of drug-likeness (QED) is 0.677. The van der Waals surface area contributed by atoms with Crippen molar-refractivity contribution in [2.75, 3.05) is 7.11 Å². The van der Waals surface area contributed by atoms with Gasteiger partial charge in [-0.15, -0.1) is 0 Å². The molecule has 0 radical (unpaired) electrons. The molecular formula is C19H17NO2. The summed E-state index contributed by atoms with van der Waals surface area (Å²) < 4.78 is 4.85. The Hall–Kier alpha value is -2.68. The molecule has 0 spiro atoms. The molecule has 3 heteroatoms. The molecular weight excluding hydrogens is 274 g/mol. The van der Waals surface area contributed by atoms with Crippen LogP contribution in [-0.4, -0.2) is 18.1 Å². The van der Waals surface area contributed by atoms with E-state index in [-0.39, 0.29) is 0 Å². The predicted octanol–water partition coefficient (Wildman–Crippen LogP) is 4.25. The number of hydrogen-bond donors (Lipinski definition) is 0. The molecule has 3 aromatic rings. The molecule has 0 fully saturated rings. The van der Waals surface area contributed by atoms with E-state index in [9.17, 15) is 4.79 Å². The number of para-hydroxylation sites is 1. The summed E-state index contributed by atoms with van der Waals surface area (Å²) >= 11 is 0. The largest absolute Gasteiger partial charge is 0.464 e. The van der Waals surface area contributed by atoms with Crippen LogP contribution in [0.2, 0.25) is 0 Å². The zero-order valence-corrected chi connectivity index (χ0v) is 12.7. The fourth-order valence-electron chi connectivity index (χ4n) is 2.66. The minimum Gasteiger partial charge on any atom is -0.464 e. The van der Waals surface area contributed by atoms with Gasteiger partial charge in [-0.3, -0.25) is 0 Å². The van der Waals surface area contributed by atoms with Gasteiger partial charge in [-0.05, 0) is 29.2 Å². The molecule has 0 N–H and O–H groups in total. The van der Waals surface area contributed by atoms with E-state index in [2.05, 4.69) is 11.9 Å². The van der Waals surface area contributed by atoms with Gasteiger partial charge in [0.2, 0.25) is 0 Å². The van der Waals surface area contributed by atoms with Crippen LogP contribution in [0.3, 0.4) is 0 Å². The lowest BCUT2D eigenvalue weighted by molar-refractivity contribution is 0.0594. The van der Waals surface area contributed by atoms with Crippen LogP contribution in [0.5, 0.6) is 0 Å². The number of nitrogens with zero attached hydrogens (tertiary/aromatic N) is 1. The molecule has 0 amide bonds. The molecule has 0 atom stereocenters. The predicted molar refractivity (Wildman–Crippen MR) is 87.9 cm³/mol. The molecule has 0 aliphatic rings. The molecule has 0 unspecified atom stereocenters. The number of aromatic nitrogens is 1. The summed E-state index contributed by atoms with van der Waals surface area (Å²) in [5, 5.41) is 1.05. The van der Waals surface area contributed by atoms with Gasteiger partial charge in [0.05, 0.1) is 12.6 Å². The van der Waals surface area contributed by atoms with Crippen LogP contribution in [0.15, 0.2) is 54.6 Å². The molecule has 0 bridgehead atoms. The van der Waals surface area contributed by atoms with Crippen molar-refractivity contribution in [1.82, 2.24) is 4.98 Å². The number of pyridine rings is 1. The minimum absolute atomic E-state index is 0.342. The zero-order chi connectivity index (χ0) is 15.5. The summed E-state index contributed by atoms with van der Waals surface area (Å²) in [5.74, 6) is -0.412. The van der Waals surface area contributed by atoms with Crippen LogP contribution in [0, 0.1) is 0 Å². The topological polar surface area (TPSA) is 39.2 Å². The number of fused-ring (bicyclic) bond motifs is 1. The van der Waals surface area contributed by atoms with Crippen molar-refractivity contribution in [3.05, 3.63) is 65.9 Å². The first kappa shape index (κ1) is 14.3. The Kier molecular flexibility index (Phi) is 3.88. The van der Waals surface area contributed by atoms with E-state index in [1.54, 1.807) is 0 Å². The van der Waals surface area contributed by atoms with Crippen LogP contribution >= 0.6 is 0 Å². The number of ether oxygens (including phenoxy) is 1. The maximum Gasteiger partial charge on any atom is 0.356 e. The molecule has 1 heterocycles. The van der Waals surface area contributed by atoms with Gasteiger partial charge in [0.25, 0.3) is 0 Å². The van der Waals surface area contributed by atoms with Crippen LogP contribution in [0.1, 0.15) is 23.0 Å². The van der Waals surface area contributed by atoms with Gasteiger partial charge in [0.1, 0.15) is 5.69 Å². The highest BCUT2D eigenvalue weighted by atomic mass is 16.5. The van der Waals surface area contributed by atoms with Gasteiger partial charge in [-0.1, -0.05) is 55.5 Å². The summed E-state index contributed by atoms with van der Waals surface area (Å²) in [6, 6.07) is 18.0. The lowest BCUT2D eigenvalue weighted by Gasteiger charge is -2.11. The van der Waals surface area contributed by atoms with Crippen molar-refractivity contribution in [3.63, 3.8) is 0 Å². The molecule has 2 aromatic carbocycles. The monoisotopic (exact) mass is 291 g/mol. The first-order valence-corrected chi connectivity index (χ1v) is 7.31. The van der Waals surface area contributed by atoms with E-state index < -0.39 is 5.97 Å². The van der Waals surface area contributed by atoms with Gasteiger partial charge in [0, 0.05) is 5.39 Å². The third-order valence-electron chi connectivity index (χ3n) is 3.78. The summed E-state index contributed by atoms with van der Waals surface area (Å²) in [5.41, 5.74) is 4.40. The lowest BCUT2D eigenvalue weighted by Crippen LogP contribution is -2.05. The van der Waals surface area contributed by atoms with E-state index in [0.717, 1.165) is 34.0 Å². The van der Waals surface area contributed by atoms with Crippen molar-refractivity contribution >= 4 is 16.9 Å². The Balaban J connectivity index is 2.36. The number of rotatable bonds is 3. The Bertz CT molecular complexity index is 825. The lowest BCUT2D eigenvalue weighted by atomic mass is 9.97. The van der Waals surface area contributed by atoms with Gasteiger partial charge in [-0.25, -0.2) is 9.78 Å². The first-order valence-electron chi connectivity index (χ1n) is 7.31. The van der Waals surface area contributed by atoms with Gasteiger partial charge in [-0.2, -0.15) is 0 Å². The summed E-state index contributed by atoms with van der Waals surface area (Å²) in [6.45, 7) is 2.09. The Morgan fingerprint density at radius 1 is 1.09 bits per heavy atom. The second-order valence-corrected chi connectivity index (χ2v) is 5.08. The fourth-order valence-corrected chi connectivity index (χ4v) is 2.66. The highest BCUT2D eigenvalue weighted by molar-refractivity contribution is 6.00. The van der Waals surface area contributed by atoms with Crippen molar-refractivity contribution in [1.29, 1.82) is 0 Å². The molecule has 3 nitrogen and oxygen atoms in total. The third-order valence-corrected chi connectivity index (χ3v) is 3.78. The van der Waals surface area contributed by atoms with Crippen LogP contribution in [0.25, 0.3) is 22.0 Å². The standard InChI is InChI=1S/C19H17NO2/c1-3-13-10-7-11-15-16(14-8-5-4-6-9-14)12-17(19(21)22-2)20-18(13)15/h4-12H,3H2,1-2H3. The maximum atomic E-state index is 12.0. The molecule has 22 heavy (non-hydrogen) atoms. The molecule has 0 aliphatic carbocycles. The molecule has 3 rings (SSSR count). The van der Waals surface area contributed by atoms with E-state index in [4.69, 9.17) is 4.74 Å². The van der Waals surface area contributed by atoms with Gasteiger partial charge >= 0.3 is 5.97 Å². The highest BCUT2D eigenvalue weighted by Crippen LogP contribution is 2.30. The Morgan fingerprint density at radius 3 is 2.55 bits per heavy atom. The van der Waals surface area contributed by atoms with Crippen LogP contribution in [0.4, 0.5) is 0 Å². The SMILES string of the molecule is CCc1cccc2c(-c3ccccc3)cc(C(=O)OC)nc12. The minimum atomic E-state index is -0.412. The van der Waals surface area contributed by atoms with Crippen molar-refractivity contribution in [2.24, 2.45) is 0 Å². The normalized spacial score (nSPS) is 10.6. The highest BCUT2D eigenvalue weighted by Gasteiger charge is 2.14. The average molecular weight is 291 g/mol. The van der Waals surface area contributed by atoms with Crippen LogP contribution in [-0.2, 0) is 11.2 Å². The zero-order valence-electron chi connectivity index (χ0n) is 12.7. The molecule has 110 valence electrons. The summed E-state index contributed by atoms with van der Waals surface area (Å²) in [6.07, 6.45) is 0.864.